The van der Waals surface area contributed by atoms with Gasteiger partial charge in [-0.2, -0.15) is 13.2 Å². The highest BCUT2D eigenvalue weighted by Crippen LogP contribution is 2.36. The molecule has 9 nitrogen and oxygen atoms in total. The smallest absolute Gasteiger partial charge is 0.367 e. The molecular weight excluding hydrogens is 470 g/mol. The van der Waals surface area contributed by atoms with Gasteiger partial charge in [-0.05, 0) is 12.1 Å². The molecule has 5 rings (SSSR count). The van der Waals surface area contributed by atoms with Crippen molar-refractivity contribution < 1.29 is 27.2 Å². The summed E-state index contributed by atoms with van der Waals surface area (Å²) in [5.41, 5.74) is -0.747. The maximum absolute atomic E-state index is 14.6. The molecule has 1 N–H and O–H groups in total. The van der Waals surface area contributed by atoms with Gasteiger partial charge in [0.2, 0.25) is 0 Å². The average Bonchev–Trinajstić information content (AvgIpc) is 3.54. The number of rotatable bonds is 4. The first-order valence-corrected chi connectivity index (χ1v) is 10.5. The van der Waals surface area contributed by atoms with E-state index >= 15 is 0 Å². The number of hydrogen-bond acceptors (Lipinski definition) is 6. The molecule has 0 spiro atoms. The molecule has 1 amide bonds. The van der Waals surface area contributed by atoms with Gasteiger partial charge in [0.05, 0.1) is 40.6 Å². The second-order valence-electron chi connectivity index (χ2n) is 7.85. The van der Waals surface area contributed by atoms with Crippen molar-refractivity contribution in [1.82, 2.24) is 29.9 Å². The summed E-state index contributed by atoms with van der Waals surface area (Å²) in [7, 11) is 0. The highest BCUT2D eigenvalue weighted by molar-refractivity contribution is 6.45. The van der Waals surface area contributed by atoms with Crippen LogP contribution in [0, 0.1) is 5.82 Å². The van der Waals surface area contributed by atoms with E-state index in [0.29, 0.717) is 0 Å². The Labute approximate surface area is 195 Å². The van der Waals surface area contributed by atoms with Crippen molar-refractivity contribution in [3.05, 3.63) is 66.0 Å². The molecular formula is C22H17F4N7O2. The molecule has 0 unspecified atom stereocenters. The van der Waals surface area contributed by atoms with Crippen molar-refractivity contribution >= 4 is 28.3 Å². The summed E-state index contributed by atoms with van der Waals surface area (Å²) >= 11 is 0. The van der Waals surface area contributed by atoms with Crippen LogP contribution >= 0.6 is 0 Å². The lowest BCUT2D eigenvalue weighted by Crippen LogP contribution is -2.51. The molecule has 1 fully saturated rings. The van der Waals surface area contributed by atoms with E-state index in [1.165, 1.54) is 51.3 Å². The number of Topliss-reactive ketones (excluding diaryl/α,β-unsaturated/α-hetero) is 1. The number of benzene rings is 1. The molecule has 1 aliphatic rings. The molecule has 4 aromatic rings. The summed E-state index contributed by atoms with van der Waals surface area (Å²) in [6.07, 6.45) is 0.530. The average molecular weight is 487 g/mol. The SMILES string of the molecule is O=C(C(=O)N1CCN(c2ccccc2C(F)(F)F)CC1)c1c[nH]c2c(-n3ccnn3)ncc(F)c12. The van der Waals surface area contributed by atoms with Crippen LogP contribution in [0.4, 0.5) is 23.2 Å². The largest absolute Gasteiger partial charge is 0.418 e. The van der Waals surface area contributed by atoms with E-state index in [4.69, 9.17) is 0 Å². The van der Waals surface area contributed by atoms with Crippen LogP contribution in [0.2, 0.25) is 0 Å². The van der Waals surface area contributed by atoms with Crippen molar-refractivity contribution in [3.8, 4) is 5.82 Å². The highest BCUT2D eigenvalue weighted by Gasteiger charge is 2.36. The summed E-state index contributed by atoms with van der Waals surface area (Å²) in [6.45, 7) is 0.282. The Kier molecular flexibility index (Phi) is 5.46. The standard InChI is InChI=1S/C22H17F4N7O2/c23-15-12-28-20(33-6-5-29-30-33)18-17(15)13(11-27-18)19(34)21(35)32-9-7-31(8-10-32)16-4-2-1-3-14(16)22(24,25)26/h1-6,11-12,27H,7-10H2. The van der Waals surface area contributed by atoms with Gasteiger partial charge in [-0.25, -0.2) is 14.1 Å². The Morgan fingerprint density at radius 2 is 1.80 bits per heavy atom. The number of carbonyl (C=O) groups excluding carboxylic acids is 2. The molecule has 4 heterocycles. The van der Waals surface area contributed by atoms with Gasteiger partial charge < -0.3 is 14.8 Å². The zero-order chi connectivity index (χ0) is 24.7. The summed E-state index contributed by atoms with van der Waals surface area (Å²) < 4.78 is 56.0. The van der Waals surface area contributed by atoms with Crippen LogP contribution in [0.25, 0.3) is 16.7 Å². The normalized spacial score (nSPS) is 14.5. The number of aromatic amines is 1. The van der Waals surface area contributed by atoms with Gasteiger partial charge in [0, 0.05) is 38.1 Å². The minimum atomic E-state index is -4.52. The molecule has 1 saturated heterocycles. The predicted molar refractivity (Wildman–Crippen MR) is 116 cm³/mol. The monoisotopic (exact) mass is 487 g/mol. The predicted octanol–water partition coefficient (Wildman–Crippen LogP) is 2.83. The van der Waals surface area contributed by atoms with Crippen LogP contribution in [0.5, 0.6) is 0 Å². The number of H-pyrrole nitrogens is 1. The first kappa shape index (κ1) is 22.5. The van der Waals surface area contributed by atoms with Crippen LogP contribution < -0.4 is 4.90 Å². The second-order valence-corrected chi connectivity index (χ2v) is 7.85. The van der Waals surface area contributed by atoms with Gasteiger partial charge in [0.1, 0.15) is 0 Å². The van der Waals surface area contributed by atoms with Gasteiger partial charge in [-0.3, -0.25) is 9.59 Å². The number of fused-ring (bicyclic) bond motifs is 1. The Morgan fingerprint density at radius 3 is 2.49 bits per heavy atom. The Hall–Kier alpha value is -4.29. The Morgan fingerprint density at radius 1 is 1.06 bits per heavy atom. The summed E-state index contributed by atoms with van der Waals surface area (Å²) in [6, 6.07) is 5.21. The topological polar surface area (TPSA) is 100 Å². The number of pyridine rings is 1. The molecule has 3 aromatic heterocycles. The molecule has 0 radical (unpaired) electrons. The van der Waals surface area contributed by atoms with Crippen LogP contribution in [0.1, 0.15) is 15.9 Å². The zero-order valence-electron chi connectivity index (χ0n) is 18.0. The first-order valence-electron chi connectivity index (χ1n) is 10.5. The van der Waals surface area contributed by atoms with Crippen LogP contribution in [-0.2, 0) is 11.0 Å². The number of piperazine rings is 1. The number of amides is 1. The van der Waals surface area contributed by atoms with Crippen molar-refractivity contribution in [2.45, 2.75) is 6.18 Å². The molecule has 0 saturated carbocycles. The Balaban J connectivity index is 1.36. The number of nitrogens with one attached hydrogen (secondary N) is 1. The van der Waals surface area contributed by atoms with Gasteiger partial charge in [0.25, 0.3) is 11.7 Å². The molecule has 13 heteroatoms. The fourth-order valence-electron chi connectivity index (χ4n) is 4.17. The molecule has 35 heavy (non-hydrogen) atoms. The number of halogens is 4. The van der Waals surface area contributed by atoms with Crippen molar-refractivity contribution in [2.75, 3.05) is 31.1 Å². The van der Waals surface area contributed by atoms with Crippen LogP contribution in [-0.4, -0.2) is 67.7 Å². The van der Waals surface area contributed by atoms with Gasteiger partial charge in [-0.1, -0.05) is 17.3 Å². The van der Waals surface area contributed by atoms with E-state index in [1.807, 2.05) is 0 Å². The van der Waals surface area contributed by atoms with Crippen molar-refractivity contribution in [1.29, 1.82) is 0 Å². The van der Waals surface area contributed by atoms with Crippen molar-refractivity contribution in [2.24, 2.45) is 0 Å². The number of carbonyl (C=O) groups is 2. The third-order valence-electron chi connectivity index (χ3n) is 5.84. The molecule has 0 bridgehead atoms. The summed E-state index contributed by atoms with van der Waals surface area (Å²) in [5, 5.41) is 7.38. The number of hydrogen-bond donors (Lipinski definition) is 1. The van der Waals surface area contributed by atoms with E-state index in [1.54, 1.807) is 0 Å². The zero-order valence-corrected chi connectivity index (χ0v) is 18.0. The van der Waals surface area contributed by atoms with E-state index in [0.717, 1.165) is 12.3 Å². The number of anilines is 1. The van der Waals surface area contributed by atoms with Crippen LogP contribution in [0.3, 0.4) is 0 Å². The van der Waals surface area contributed by atoms with Gasteiger partial charge in [-0.15, -0.1) is 5.10 Å². The highest BCUT2D eigenvalue weighted by atomic mass is 19.4. The molecule has 1 aliphatic heterocycles. The third kappa shape index (κ3) is 3.98. The third-order valence-corrected chi connectivity index (χ3v) is 5.84. The van der Waals surface area contributed by atoms with Crippen molar-refractivity contribution in [3.63, 3.8) is 0 Å². The lowest BCUT2D eigenvalue weighted by molar-refractivity contribution is -0.137. The lowest BCUT2D eigenvalue weighted by atomic mass is 10.1. The number of nitrogens with zero attached hydrogens (tertiary/aromatic N) is 6. The molecule has 180 valence electrons. The summed E-state index contributed by atoms with van der Waals surface area (Å²) in [4.78, 5) is 35.5. The molecule has 1 aromatic carbocycles. The maximum atomic E-state index is 14.6. The lowest BCUT2D eigenvalue weighted by Gasteiger charge is -2.36. The fraction of sp³-hybridized carbons (Fsp3) is 0.227. The minimum absolute atomic E-state index is 0.0188. The van der Waals surface area contributed by atoms with Crippen LogP contribution in [0.15, 0.2) is 49.1 Å². The quantitative estimate of drug-likeness (QED) is 0.270. The number of ketones is 1. The fourth-order valence-corrected chi connectivity index (χ4v) is 4.17. The maximum Gasteiger partial charge on any atom is 0.418 e. The van der Waals surface area contributed by atoms with E-state index in [-0.39, 0.29) is 54.2 Å². The number of para-hydroxylation sites is 1. The number of alkyl halides is 3. The van der Waals surface area contributed by atoms with Gasteiger partial charge >= 0.3 is 6.18 Å². The molecule has 0 aliphatic carbocycles. The minimum Gasteiger partial charge on any atom is -0.367 e. The number of aromatic nitrogens is 5. The van der Waals surface area contributed by atoms with E-state index in [2.05, 4.69) is 20.3 Å². The van der Waals surface area contributed by atoms with E-state index in [9.17, 15) is 27.2 Å². The first-order chi connectivity index (χ1) is 16.8. The summed E-state index contributed by atoms with van der Waals surface area (Å²) in [5.74, 6) is -2.40. The molecule has 0 atom stereocenters. The second kappa shape index (κ2) is 8.49. The van der Waals surface area contributed by atoms with Gasteiger partial charge in [0.15, 0.2) is 11.6 Å². The Bertz CT molecular complexity index is 1410. The van der Waals surface area contributed by atoms with E-state index < -0.39 is 29.2 Å².